The zero-order valence-electron chi connectivity index (χ0n) is 14.8. The van der Waals surface area contributed by atoms with Crippen molar-refractivity contribution in [3.63, 3.8) is 0 Å². The quantitative estimate of drug-likeness (QED) is 0.503. The van der Waals surface area contributed by atoms with E-state index in [9.17, 15) is 4.79 Å². The highest BCUT2D eigenvalue weighted by molar-refractivity contribution is 7.99. The lowest BCUT2D eigenvalue weighted by atomic mass is 10.1. The Morgan fingerprint density at radius 1 is 1.26 bits per heavy atom. The second-order valence-electron chi connectivity index (χ2n) is 6.07. The number of fused-ring (bicyclic) bond motifs is 1. The van der Waals surface area contributed by atoms with Gasteiger partial charge in [0.2, 0.25) is 0 Å². The number of carbonyl (C=O) groups excluding carboxylic acids is 1. The zero-order valence-corrected chi connectivity index (χ0v) is 16.4. The minimum absolute atomic E-state index is 0.155. The number of amides is 1. The Morgan fingerprint density at radius 2 is 2.11 bits per heavy atom. The molecule has 4 rings (SSSR count). The highest BCUT2D eigenvalue weighted by Crippen LogP contribution is 2.34. The molecule has 0 aliphatic heterocycles. The van der Waals surface area contributed by atoms with E-state index >= 15 is 0 Å². The number of para-hydroxylation sites is 1. The fourth-order valence-electron chi connectivity index (χ4n) is 2.74. The Hall–Kier alpha value is -2.71. The zero-order chi connectivity index (χ0) is 18.8. The SMILES string of the molecule is C[C@H](Sc1nncn1C)c1cccc(NC(=O)c2cccc3scnc23)c1. The molecule has 0 fully saturated rings. The van der Waals surface area contributed by atoms with Gasteiger partial charge in [0.25, 0.3) is 5.91 Å². The van der Waals surface area contributed by atoms with Crippen LogP contribution in [0, 0.1) is 0 Å². The molecule has 4 aromatic rings. The summed E-state index contributed by atoms with van der Waals surface area (Å²) in [5.74, 6) is -0.155. The van der Waals surface area contributed by atoms with Crippen LogP contribution in [0.2, 0.25) is 0 Å². The minimum atomic E-state index is -0.155. The van der Waals surface area contributed by atoms with E-state index in [1.165, 1.54) is 11.3 Å². The Bertz CT molecular complexity index is 1100. The number of hydrogen-bond acceptors (Lipinski definition) is 6. The molecule has 6 nitrogen and oxygen atoms in total. The molecule has 0 saturated heterocycles. The number of carbonyl (C=O) groups is 1. The average Bonchev–Trinajstić information content (AvgIpc) is 3.30. The average molecular weight is 396 g/mol. The summed E-state index contributed by atoms with van der Waals surface area (Å²) in [5.41, 5.74) is 4.94. The third-order valence-corrected chi connectivity index (χ3v) is 6.17. The number of benzene rings is 2. The van der Waals surface area contributed by atoms with E-state index in [0.717, 1.165) is 26.6 Å². The maximum absolute atomic E-state index is 12.7. The molecule has 2 aromatic heterocycles. The molecule has 136 valence electrons. The maximum atomic E-state index is 12.7. The molecule has 0 unspecified atom stereocenters. The molecule has 0 saturated carbocycles. The summed E-state index contributed by atoms with van der Waals surface area (Å²) in [5, 5.41) is 12.0. The van der Waals surface area contributed by atoms with Crippen molar-refractivity contribution in [2.45, 2.75) is 17.3 Å². The largest absolute Gasteiger partial charge is 0.322 e. The van der Waals surface area contributed by atoms with E-state index in [4.69, 9.17) is 0 Å². The summed E-state index contributed by atoms with van der Waals surface area (Å²) in [6.07, 6.45) is 1.69. The molecular weight excluding hydrogens is 378 g/mol. The van der Waals surface area contributed by atoms with Gasteiger partial charge in [-0.05, 0) is 36.8 Å². The van der Waals surface area contributed by atoms with Crippen molar-refractivity contribution in [2.24, 2.45) is 7.05 Å². The van der Waals surface area contributed by atoms with Gasteiger partial charge in [-0.25, -0.2) is 4.98 Å². The lowest BCUT2D eigenvalue weighted by molar-refractivity contribution is 0.102. The summed E-state index contributed by atoms with van der Waals surface area (Å²) in [6, 6.07) is 13.5. The van der Waals surface area contributed by atoms with E-state index in [-0.39, 0.29) is 11.2 Å². The van der Waals surface area contributed by atoms with Gasteiger partial charge in [-0.15, -0.1) is 21.5 Å². The molecule has 1 amide bonds. The van der Waals surface area contributed by atoms with Gasteiger partial charge < -0.3 is 9.88 Å². The lowest BCUT2D eigenvalue weighted by Crippen LogP contribution is -2.12. The normalized spacial score (nSPS) is 12.2. The fourth-order valence-corrected chi connectivity index (χ4v) is 4.35. The summed E-state index contributed by atoms with van der Waals surface area (Å²) in [7, 11) is 1.92. The predicted octanol–water partition coefficient (Wildman–Crippen LogP) is 4.53. The van der Waals surface area contributed by atoms with Crippen molar-refractivity contribution in [1.82, 2.24) is 19.7 Å². The van der Waals surface area contributed by atoms with Gasteiger partial charge in [0.1, 0.15) is 6.33 Å². The monoisotopic (exact) mass is 395 g/mol. The third kappa shape index (κ3) is 3.72. The van der Waals surface area contributed by atoms with Crippen molar-refractivity contribution in [2.75, 3.05) is 5.32 Å². The van der Waals surface area contributed by atoms with Crippen LogP contribution < -0.4 is 5.32 Å². The number of hydrogen-bond donors (Lipinski definition) is 1. The van der Waals surface area contributed by atoms with Crippen LogP contribution in [0.1, 0.15) is 28.1 Å². The number of anilines is 1. The smallest absolute Gasteiger partial charge is 0.257 e. The molecule has 1 atom stereocenters. The molecular formula is C19H17N5OS2. The summed E-state index contributed by atoms with van der Waals surface area (Å²) >= 11 is 3.15. The van der Waals surface area contributed by atoms with Gasteiger partial charge in [-0.3, -0.25) is 4.79 Å². The van der Waals surface area contributed by atoms with Crippen LogP contribution in [0.15, 0.2) is 59.5 Å². The highest BCUT2D eigenvalue weighted by Gasteiger charge is 2.14. The number of thiazole rings is 1. The number of nitrogens with one attached hydrogen (secondary N) is 1. The van der Waals surface area contributed by atoms with Gasteiger partial charge in [-0.1, -0.05) is 30.0 Å². The first kappa shape index (κ1) is 17.7. The number of rotatable bonds is 5. The van der Waals surface area contributed by atoms with E-state index < -0.39 is 0 Å². The van der Waals surface area contributed by atoms with Crippen molar-refractivity contribution in [3.05, 3.63) is 65.4 Å². The molecule has 2 heterocycles. The van der Waals surface area contributed by atoms with Crippen LogP contribution in [-0.2, 0) is 7.05 Å². The molecule has 8 heteroatoms. The second-order valence-corrected chi connectivity index (χ2v) is 8.26. The van der Waals surface area contributed by atoms with Crippen LogP contribution in [0.4, 0.5) is 5.69 Å². The number of nitrogens with zero attached hydrogens (tertiary/aromatic N) is 4. The van der Waals surface area contributed by atoms with Gasteiger partial charge in [0.05, 0.1) is 21.3 Å². The minimum Gasteiger partial charge on any atom is -0.322 e. The Kier molecular flexibility index (Phi) is 4.91. The first-order chi connectivity index (χ1) is 13.1. The van der Waals surface area contributed by atoms with Crippen molar-refractivity contribution in [1.29, 1.82) is 0 Å². The third-order valence-electron chi connectivity index (χ3n) is 4.17. The van der Waals surface area contributed by atoms with Gasteiger partial charge in [0.15, 0.2) is 5.16 Å². The summed E-state index contributed by atoms with van der Waals surface area (Å²) < 4.78 is 2.89. The van der Waals surface area contributed by atoms with Crippen LogP contribution in [0.25, 0.3) is 10.2 Å². The standard InChI is InChI=1S/C19H17N5OS2/c1-12(27-19-23-21-10-24(19)2)13-5-3-6-14(9-13)22-18(25)15-7-4-8-16-17(15)20-11-26-16/h3-12H,1-2H3,(H,22,25)/t12-/m0/s1. The summed E-state index contributed by atoms with van der Waals surface area (Å²) in [4.78, 5) is 17.1. The second kappa shape index (κ2) is 7.50. The first-order valence-electron chi connectivity index (χ1n) is 8.36. The Labute approximate surface area is 164 Å². The Balaban J connectivity index is 1.53. The van der Waals surface area contributed by atoms with E-state index in [2.05, 4.69) is 27.4 Å². The van der Waals surface area contributed by atoms with Crippen LogP contribution >= 0.6 is 23.1 Å². The van der Waals surface area contributed by atoms with Crippen molar-refractivity contribution in [3.8, 4) is 0 Å². The predicted molar refractivity (Wildman–Crippen MR) is 109 cm³/mol. The van der Waals surface area contributed by atoms with Crippen molar-refractivity contribution >= 4 is 44.9 Å². The molecule has 1 N–H and O–H groups in total. The Morgan fingerprint density at radius 3 is 2.93 bits per heavy atom. The molecule has 0 aliphatic rings. The van der Waals surface area contributed by atoms with Gasteiger partial charge in [-0.2, -0.15) is 0 Å². The molecule has 0 radical (unpaired) electrons. The van der Waals surface area contributed by atoms with E-state index in [0.29, 0.717) is 5.56 Å². The van der Waals surface area contributed by atoms with E-state index in [1.807, 2.05) is 48.0 Å². The summed E-state index contributed by atoms with van der Waals surface area (Å²) in [6.45, 7) is 2.11. The van der Waals surface area contributed by atoms with Crippen LogP contribution in [-0.4, -0.2) is 25.7 Å². The van der Waals surface area contributed by atoms with E-state index in [1.54, 1.807) is 29.7 Å². The molecule has 0 spiro atoms. The topological polar surface area (TPSA) is 72.7 Å². The van der Waals surface area contributed by atoms with Crippen LogP contribution in [0.5, 0.6) is 0 Å². The molecule has 2 aromatic carbocycles. The number of thioether (sulfide) groups is 1. The lowest BCUT2D eigenvalue weighted by Gasteiger charge is -2.13. The number of aromatic nitrogens is 4. The molecule has 27 heavy (non-hydrogen) atoms. The molecule has 0 aliphatic carbocycles. The van der Waals surface area contributed by atoms with Gasteiger partial charge >= 0.3 is 0 Å². The van der Waals surface area contributed by atoms with Crippen molar-refractivity contribution < 1.29 is 4.79 Å². The highest BCUT2D eigenvalue weighted by atomic mass is 32.2. The van der Waals surface area contributed by atoms with Gasteiger partial charge in [0, 0.05) is 18.0 Å². The maximum Gasteiger partial charge on any atom is 0.257 e. The fraction of sp³-hybridized carbons (Fsp3) is 0.158. The van der Waals surface area contributed by atoms with Crippen LogP contribution in [0.3, 0.4) is 0 Å². The number of aryl methyl sites for hydroxylation is 1. The first-order valence-corrected chi connectivity index (χ1v) is 10.1. The molecule has 0 bridgehead atoms.